The molecule has 1 rings (SSSR count). The molecule has 0 spiro atoms. The molecule has 0 heterocycles. The molecule has 6 nitrogen and oxygen atoms in total. The van der Waals surface area contributed by atoms with Crippen molar-refractivity contribution in [2.75, 3.05) is 5.32 Å². The average molecular weight is 195 g/mol. The zero-order valence-electron chi connectivity index (χ0n) is 7.19. The van der Waals surface area contributed by atoms with Gasteiger partial charge in [-0.1, -0.05) is 18.2 Å². The van der Waals surface area contributed by atoms with Crippen molar-refractivity contribution in [1.29, 1.82) is 0 Å². The predicted molar refractivity (Wildman–Crippen MR) is 49.3 cm³/mol. The fourth-order valence-corrected chi connectivity index (χ4v) is 0.779. The Kier molecular flexibility index (Phi) is 3.45. The summed E-state index contributed by atoms with van der Waals surface area (Å²) in [4.78, 5) is 21.4. The molecule has 0 radical (unpaired) electrons. The number of nitrogens with two attached hydrogens (primary N) is 1. The second kappa shape index (κ2) is 4.83. The van der Waals surface area contributed by atoms with Crippen molar-refractivity contribution >= 4 is 17.9 Å². The van der Waals surface area contributed by atoms with E-state index in [1.807, 2.05) is 0 Å². The van der Waals surface area contributed by atoms with Crippen LogP contribution in [0.2, 0.25) is 0 Å². The lowest BCUT2D eigenvalue weighted by molar-refractivity contribution is 0.160. The van der Waals surface area contributed by atoms with Gasteiger partial charge in [-0.2, -0.15) is 0 Å². The second-order valence-electron chi connectivity index (χ2n) is 2.31. The Labute approximate surface area is 80.0 Å². The van der Waals surface area contributed by atoms with Crippen LogP contribution in [-0.2, 0) is 4.74 Å². The fourth-order valence-electron chi connectivity index (χ4n) is 0.779. The van der Waals surface area contributed by atoms with Crippen LogP contribution < -0.4 is 16.6 Å². The lowest BCUT2D eigenvalue weighted by Gasteiger charge is -2.03. The summed E-state index contributed by atoms with van der Waals surface area (Å²) in [5.41, 5.74) is 2.19. The van der Waals surface area contributed by atoms with Crippen molar-refractivity contribution in [3.05, 3.63) is 30.3 Å². The maximum atomic E-state index is 10.9. The molecule has 0 aromatic heterocycles. The normalized spacial score (nSPS) is 8.93. The van der Waals surface area contributed by atoms with Gasteiger partial charge in [0.1, 0.15) is 0 Å². The van der Waals surface area contributed by atoms with Gasteiger partial charge >= 0.3 is 12.2 Å². The van der Waals surface area contributed by atoms with Crippen LogP contribution in [-0.4, -0.2) is 12.2 Å². The molecule has 1 aromatic rings. The molecule has 0 bridgehead atoms. The Balaban J connectivity index is 2.46. The van der Waals surface area contributed by atoms with Gasteiger partial charge in [-0.25, -0.2) is 15.4 Å². The molecule has 6 heteroatoms. The van der Waals surface area contributed by atoms with Gasteiger partial charge in [0.25, 0.3) is 0 Å². The van der Waals surface area contributed by atoms with Crippen LogP contribution in [0.1, 0.15) is 0 Å². The summed E-state index contributed by atoms with van der Waals surface area (Å²) in [6.45, 7) is 0. The second-order valence-corrected chi connectivity index (χ2v) is 2.31. The van der Waals surface area contributed by atoms with E-state index in [0.29, 0.717) is 5.69 Å². The number of hydrazine groups is 1. The summed E-state index contributed by atoms with van der Waals surface area (Å²) in [6, 6.07) is 8.57. The number of carbonyl (C=O) groups excluding carboxylic acids is 2. The number of nitrogens with one attached hydrogen (secondary N) is 2. The minimum absolute atomic E-state index is 0.530. The number of ether oxygens (including phenoxy) is 1. The minimum atomic E-state index is -1.02. The lowest BCUT2D eigenvalue weighted by atomic mass is 10.3. The topological polar surface area (TPSA) is 93.4 Å². The smallest absolute Gasteiger partial charge is 0.358 e. The molecule has 0 aliphatic carbocycles. The number of amides is 2. The molecule has 0 aliphatic heterocycles. The van der Waals surface area contributed by atoms with Gasteiger partial charge in [0.15, 0.2) is 0 Å². The van der Waals surface area contributed by atoms with Crippen molar-refractivity contribution in [3.63, 3.8) is 0 Å². The molecule has 1 aromatic carbocycles. The molecule has 4 N–H and O–H groups in total. The Morgan fingerprint density at radius 2 is 1.79 bits per heavy atom. The molecule has 2 amide bonds. The number of anilines is 1. The highest BCUT2D eigenvalue weighted by atomic mass is 16.6. The number of rotatable bonds is 1. The van der Waals surface area contributed by atoms with Crippen LogP contribution in [0.4, 0.5) is 15.3 Å². The van der Waals surface area contributed by atoms with Gasteiger partial charge in [-0.05, 0) is 12.1 Å². The van der Waals surface area contributed by atoms with Crippen LogP contribution in [0, 0.1) is 0 Å². The first-order valence-corrected chi connectivity index (χ1v) is 3.77. The van der Waals surface area contributed by atoms with Gasteiger partial charge in [0.2, 0.25) is 0 Å². The minimum Gasteiger partial charge on any atom is -0.358 e. The van der Waals surface area contributed by atoms with Crippen LogP contribution >= 0.6 is 0 Å². The summed E-state index contributed by atoms with van der Waals surface area (Å²) in [6.07, 6.45) is -1.91. The largest absolute Gasteiger partial charge is 0.430 e. The quantitative estimate of drug-likeness (QED) is 0.267. The van der Waals surface area contributed by atoms with Crippen molar-refractivity contribution in [2.45, 2.75) is 0 Å². The van der Waals surface area contributed by atoms with Crippen LogP contribution in [0.5, 0.6) is 0 Å². The molecule has 0 fully saturated rings. The number of benzene rings is 1. The summed E-state index contributed by atoms with van der Waals surface area (Å²) in [7, 11) is 0. The first-order chi connectivity index (χ1) is 6.72. The third kappa shape index (κ3) is 3.11. The predicted octanol–water partition coefficient (Wildman–Crippen LogP) is 0.818. The highest BCUT2D eigenvalue weighted by Crippen LogP contribution is 2.04. The maximum absolute atomic E-state index is 10.9. The third-order valence-corrected chi connectivity index (χ3v) is 1.32. The van der Waals surface area contributed by atoms with Gasteiger partial charge in [-0.3, -0.25) is 10.7 Å². The maximum Gasteiger partial charge on any atom is 0.430 e. The lowest BCUT2D eigenvalue weighted by Crippen LogP contribution is -2.33. The van der Waals surface area contributed by atoms with Crippen molar-refractivity contribution < 1.29 is 14.3 Å². The fraction of sp³-hybridized carbons (Fsp3) is 0. The van der Waals surface area contributed by atoms with E-state index in [9.17, 15) is 9.59 Å². The van der Waals surface area contributed by atoms with E-state index in [2.05, 4.69) is 10.1 Å². The SMILES string of the molecule is NNC(=O)OC(=O)Nc1ccccc1. The molecular weight excluding hydrogens is 186 g/mol. The first kappa shape index (κ1) is 10.0. The van der Waals surface area contributed by atoms with E-state index in [0.717, 1.165) is 0 Å². The number of para-hydroxylation sites is 1. The van der Waals surface area contributed by atoms with Crippen molar-refractivity contribution in [1.82, 2.24) is 5.43 Å². The molecule has 0 aliphatic rings. The zero-order chi connectivity index (χ0) is 10.4. The Morgan fingerprint density at radius 1 is 1.14 bits per heavy atom. The van der Waals surface area contributed by atoms with Gasteiger partial charge in [-0.15, -0.1) is 0 Å². The number of hydrogen-bond acceptors (Lipinski definition) is 4. The highest BCUT2D eigenvalue weighted by Gasteiger charge is 2.07. The first-order valence-electron chi connectivity index (χ1n) is 3.77. The molecule has 0 atom stereocenters. The van der Waals surface area contributed by atoms with E-state index < -0.39 is 12.2 Å². The van der Waals surface area contributed by atoms with E-state index in [1.165, 1.54) is 0 Å². The van der Waals surface area contributed by atoms with Gasteiger partial charge in [0, 0.05) is 5.69 Å². The molecule has 0 unspecified atom stereocenters. The Hall–Kier alpha value is -2.08. The molecule has 0 saturated heterocycles. The van der Waals surface area contributed by atoms with E-state index in [1.54, 1.807) is 35.8 Å². The average Bonchev–Trinajstić information content (AvgIpc) is 2.19. The number of carbonyl (C=O) groups is 2. The molecule has 14 heavy (non-hydrogen) atoms. The molecule has 0 saturated carbocycles. The summed E-state index contributed by atoms with van der Waals surface area (Å²) >= 11 is 0. The zero-order valence-corrected chi connectivity index (χ0v) is 7.19. The Morgan fingerprint density at radius 3 is 2.36 bits per heavy atom. The highest BCUT2D eigenvalue weighted by molar-refractivity contribution is 5.92. The Bertz CT molecular complexity index is 326. The molecule has 74 valence electrons. The van der Waals surface area contributed by atoms with Gasteiger partial charge in [0.05, 0.1) is 0 Å². The van der Waals surface area contributed by atoms with Crippen molar-refractivity contribution in [3.8, 4) is 0 Å². The van der Waals surface area contributed by atoms with E-state index in [4.69, 9.17) is 5.84 Å². The number of hydrogen-bond donors (Lipinski definition) is 3. The molecular formula is C8H9N3O3. The van der Waals surface area contributed by atoms with E-state index >= 15 is 0 Å². The third-order valence-electron chi connectivity index (χ3n) is 1.32. The summed E-state index contributed by atoms with van der Waals surface area (Å²) in [5.74, 6) is 4.71. The van der Waals surface area contributed by atoms with Crippen LogP contribution in [0.15, 0.2) is 30.3 Å². The van der Waals surface area contributed by atoms with E-state index in [-0.39, 0.29) is 0 Å². The van der Waals surface area contributed by atoms with Crippen LogP contribution in [0.25, 0.3) is 0 Å². The summed E-state index contributed by atoms with van der Waals surface area (Å²) in [5, 5.41) is 2.33. The summed E-state index contributed by atoms with van der Waals surface area (Å²) < 4.78 is 4.18. The van der Waals surface area contributed by atoms with Gasteiger partial charge < -0.3 is 4.74 Å². The van der Waals surface area contributed by atoms with Crippen molar-refractivity contribution in [2.24, 2.45) is 5.84 Å². The van der Waals surface area contributed by atoms with Crippen LogP contribution in [0.3, 0.4) is 0 Å². The monoisotopic (exact) mass is 195 g/mol. The standard InChI is InChI=1S/C8H9N3O3/c9-11-8(13)14-7(12)10-6-4-2-1-3-5-6/h1-5H,9H2,(H,10,12)(H,11,13).